The molecule has 112 valence electrons. The Morgan fingerprint density at radius 3 is 2.52 bits per heavy atom. The quantitative estimate of drug-likeness (QED) is 0.917. The average Bonchev–Trinajstić information content (AvgIpc) is 3.08. The molecular weight excluding hydrogens is 311 g/mol. The minimum absolute atomic E-state index is 0.348. The second kappa shape index (κ2) is 6.34. The van der Waals surface area contributed by atoms with Gasteiger partial charge in [-0.05, 0) is 37.0 Å². The van der Waals surface area contributed by atoms with E-state index in [-0.39, 0.29) is 0 Å². The van der Waals surface area contributed by atoms with E-state index in [4.69, 9.17) is 27.7 Å². The second-order valence-electron chi connectivity index (χ2n) is 5.49. The van der Waals surface area contributed by atoms with Crippen LogP contribution in [0.2, 0.25) is 10.0 Å². The van der Waals surface area contributed by atoms with E-state index >= 15 is 0 Å². The van der Waals surface area contributed by atoms with Crippen LogP contribution in [-0.2, 0) is 6.42 Å². The summed E-state index contributed by atoms with van der Waals surface area (Å²) in [6.07, 6.45) is 4.52. The van der Waals surface area contributed by atoms with Gasteiger partial charge in [0, 0.05) is 15.6 Å². The number of nitrogens with zero attached hydrogens (tertiary/aromatic N) is 2. The lowest BCUT2D eigenvalue weighted by Crippen LogP contribution is -2.20. The van der Waals surface area contributed by atoms with Crippen molar-refractivity contribution < 1.29 is 9.63 Å². The number of hydrogen-bond acceptors (Lipinski definition) is 4. The number of aliphatic hydroxyl groups is 1. The van der Waals surface area contributed by atoms with E-state index in [2.05, 4.69) is 10.1 Å². The van der Waals surface area contributed by atoms with Gasteiger partial charge in [-0.2, -0.15) is 4.98 Å². The first-order valence-corrected chi connectivity index (χ1v) is 7.84. The molecular formula is C15H16Cl2N2O2. The van der Waals surface area contributed by atoms with Crippen LogP contribution in [-0.4, -0.2) is 21.4 Å². The molecule has 1 aromatic carbocycles. The van der Waals surface area contributed by atoms with E-state index in [1.807, 2.05) is 0 Å². The van der Waals surface area contributed by atoms with Gasteiger partial charge in [0.1, 0.15) is 0 Å². The van der Waals surface area contributed by atoms with Gasteiger partial charge in [0.2, 0.25) is 11.7 Å². The summed E-state index contributed by atoms with van der Waals surface area (Å²) in [4.78, 5) is 4.32. The summed E-state index contributed by atoms with van der Waals surface area (Å²) in [6.45, 7) is 0. The Hall–Kier alpha value is -1.10. The average molecular weight is 327 g/mol. The minimum atomic E-state index is -0.413. The lowest BCUT2D eigenvalue weighted by Gasteiger charge is -2.14. The first-order chi connectivity index (χ1) is 10.1. The highest BCUT2D eigenvalue weighted by Gasteiger charge is 2.25. The molecule has 3 rings (SSSR count). The highest BCUT2D eigenvalue weighted by molar-refractivity contribution is 6.35. The van der Waals surface area contributed by atoms with Gasteiger partial charge in [-0.3, -0.25) is 0 Å². The molecule has 0 bridgehead atoms. The molecule has 4 nitrogen and oxygen atoms in total. The van der Waals surface area contributed by atoms with Gasteiger partial charge in [-0.1, -0.05) is 41.2 Å². The first-order valence-electron chi connectivity index (χ1n) is 7.09. The van der Waals surface area contributed by atoms with Gasteiger partial charge in [0.25, 0.3) is 0 Å². The van der Waals surface area contributed by atoms with E-state index < -0.39 is 6.10 Å². The Bertz CT molecular complexity index is 604. The number of benzene rings is 1. The van der Waals surface area contributed by atoms with Crippen molar-refractivity contribution >= 4 is 23.2 Å². The zero-order chi connectivity index (χ0) is 14.8. The minimum Gasteiger partial charge on any atom is -0.392 e. The van der Waals surface area contributed by atoms with Gasteiger partial charge in [0.15, 0.2) is 0 Å². The van der Waals surface area contributed by atoms with Crippen molar-refractivity contribution in [1.82, 2.24) is 10.1 Å². The van der Waals surface area contributed by atoms with Gasteiger partial charge < -0.3 is 9.63 Å². The van der Waals surface area contributed by atoms with Crippen LogP contribution in [0.25, 0.3) is 11.4 Å². The lowest BCUT2D eigenvalue weighted by atomic mass is 9.98. The van der Waals surface area contributed by atoms with Crippen LogP contribution < -0.4 is 0 Å². The fourth-order valence-corrected chi connectivity index (χ4v) is 3.35. The van der Waals surface area contributed by atoms with Gasteiger partial charge in [-0.25, -0.2) is 0 Å². The molecule has 21 heavy (non-hydrogen) atoms. The topological polar surface area (TPSA) is 59.2 Å². The monoisotopic (exact) mass is 326 g/mol. The zero-order valence-electron chi connectivity index (χ0n) is 11.4. The highest BCUT2D eigenvalue weighted by Crippen LogP contribution is 2.30. The number of aliphatic hydroxyl groups excluding tert-OH is 1. The summed E-state index contributed by atoms with van der Waals surface area (Å²) in [6, 6.07) is 5.11. The maximum Gasteiger partial charge on any atom is 0.229 e. The molecule has 0 aliphatic heterocycles. The highest BCUT2D eigenvalue weighted by atomic mass is 35.5. The molecule has 2 aromatic rings. The van der Waals surface area contributed by atoms with Crippen LogP contribution in [0.4, 0.5) is 0 Å². The van der Waals surface area contributed by atoms with Crippen molar-refractivity contribution in [2.75, 3.05) is 0 Å². The smallest absolute Gasteiger partial charge is 0.229 e. The van der Waals surface area contributed by atoms with Crippen molar-refractivity contribution in [3.8, 4) is 11.4 Å². The Kier molecular flexibility index (Phi) is 4.48. The number of aromatic nitrogens is 2. The molecule has 1 aliphatic rings. The largest absolute Gasteiger partial charge is 0.392 e. The Morgan fingerprint density at radius 1 is 1.19 bits per heavy atom. The molecule has 6 heteroatoms. The molecule has 0 saturated heterocycles. The SMILES string of the molecule is OC(Cc1nc(-c2cc(Cl)cc(Cl)c2)no1)C1CCCC1. The molecule has 0 amide bonds. The van der Waals surface area contributed by atoms with Crippen LogP contribution in [0.3, 0.4) is 0 Å². The third kappa shape index (κ3) is 3.57. The molecule has 1 atom stereocenters. The molecule has 1 unspecified atom stereocenters. The summed E-state index contributed by atoms with van der Waals surface area (Å²) in [5.41, 5.74) is 0.706. The van der Waals surface area contributed by atoms with Crippen LogP contribution in [0.5, 0.6) is 0 Å². The van der Waals surface area contributed by atoms with Crippen molar-refractivity contribution in [3.05, 3.63) is 34.1 Å². The molecule has 1 aliphatic carbocycles. The lowest BCUT2D eigenvalue weighted by molar-refractivity contribution is 0.102. The Labute approximate surface area is 133 Å². The molecule has 1 heterocycles. The Morgan fingerprint density at radius 2 is 1.86 bits per heavy atom. The van der Waals surface area contributed by atoms with Crippen molar-refractivity contribution in [2.24, 2.45) is 5.92 Å². The van der Waals surface area contributed by atoms with Crippen molar-refractivity contribution in [2.45, 2.75) is 38.2 Å². The van der Waals surface area contributed by atoms with E-state index in [1.165, 1.54) is 12.8 Å². The number of rotatable bonds is 4. The first kappa shape index (κ1) is 14.8. The fraction of sp³-hybridized carbons (Fsp3) is 0.467. The summed E-state index contributed by atoms with van der Waals surface area (Å²) < 4.78 is 5.22. The van der Waals surface area contributed by atoms with Gasteiger partial charge in [-0.15, -0.1) is 0 Å². The van der Waals surface area contributed by atoms with Crippen LogP contribution >= 0.6 is 23.2 Å². The molecule has 1 aromatic heterocycles. The normalized spacial score (nSPS) is 17.3. The zero-order valence-corrected chi connectivity index (χ0v) is 12.9. The number of halogens is 2. The van der Waals surface area contributed by atoms with E-state index in [0.29, 0.717) is 39.7 Å². The van der Waals surface area contributed by atoms with Gasteiger partial charge >= 0.3 is 0 Å². The van der Waals surface area contributed by atoms with Crippen molar-refractivity contribution in [3.63, 3.8) is 0 Å². The molecule has 1 N–H and O–H groups in total. The maximum atomic E-state index is 10.2. The third-order valence-electron chi connectivity index (χ3n) is 3.92. The third-order valence-corrected chi connectivity index (χ3v) is 4.35. The summed E-state index contributed by atoms with van der Waals surface area (Å²) in [5, 5.41) is 15.2. The van der Waals surface area contributed by atoms with Crippen LogP contribution in [0, 0.1) is 5.92 Å². The summed E-state index contributed by atoms with van der Waals surface area (Å²) in [5.74, 6) is 1.23. The van der Waals surface area contributed by atoms with Crippen molar-refractivity contribution in [1.29, 1.82) is 0 Å². The fourth-order valence-electron chi connectivity index (χ4n) is 2.83. The van der Waals surface area contributed by atoms with E-state index in [9.17, 15) is 5.11 Å². The summed E-state index contributed by atoms with van der Waals surface area (Å²) in [7, 11) is 0. The second-order valence-corrected chi connectivity index (χ2v) is 6.36. The predicted octanol–water partition coefficient (Wildman–Crippen LogP) is 4.14. The van der Waals surface area contributed by atoms with Crippen LogP contribution in [0.1, 0.15) is 31.6 Å². The number of hydrogen-bond donors (Lipinski definition) is 1. The standard InChI is InChI=1S/C15H16Cl2N2O2/c16-11-5-10(6-12(17)7-11)15-18-14(21-19-15)8-13(20)9-3-1-2-4-9/h5-7,9,13,20H,1-4,8H2. The van der Waals surface area contributed by atoms with E-state index in [1.54, 1.807) is 18.2 Å². The summed E-state index contributed by atoms with van der Waals surface area (Å²) >= 11 is 11.9. The molecule has 1 fully saturated rings. The predicted molar refractivity (Wildman–Crippen MR) is 81.4 cm³/mol. The van der Waals surface area contributed by atoms with Crippen LogP contribution in [0.15, 0.2) is 22.7 Å². The molecule has 0 radical (unpaired) electrons. The molecule has 0 spiro atoms. The maximum absolute atomic E-state index is 10.2. The molecule has 1 saturated carbocycles. The van der Waals surface area contributed by atoms with E-state index in [0.717, 1.165) is 12.8 Å². The van der Waals surface area contributed by atoms with Gasteiger partial charge in [0.05, 0.1) is 12.5 Å². The Balaban J connectivity index is 1.73.